The minimum Gasteiger partial charge on any atom is -0.366 e. The largest absolute Gasteiger partial charge is 0.366 e. The topological polar surface area (TPSA) is 53.6 Å². The molecular weight excluding hydrogens is 266 g/mol. The molecule has 1 rings (SSSR count). The maximum absolute atomic E-state index is 12.1. The summed E-state index contributed by atoms with van der Waals surface area (Å²) in [5.41, 5.74) is 0. The quantitative estimate of drug-likeness (QED) is 0.618. The molecule has 0 saturated carbocycles. The van der Waals surface area contributed by atoms with Crippen LogP contribution in [-0.2, 0) is 9.53 Å². The molecule has 0 aromatic heterocycles. The lowest BCUT2D eigenvalue weighted by Gasteiger charge is -2.33. The average Bonchev–Trinajstić information content (AvgIpc) is 2.48. The first kappa shape index (κ1) is 17.9. The number of carbonyl (C=O) groups excluding carboxylic acids is 1. The van der Waals surface area contributed by atoms with E-state index in [1.807, 2.05) is 12.2 Å². The number of nitrogens with zero attached hydrogens (tertiary/aromatic N) is 1. The summed E-state index contributed by atoms with van der Waals surface area (Å²) in [6.45, 7) is 16.1. The van der Waals surface area contributed by atoms with Crippen molar-refractivity contribution in [3.8, 4) is 0 Å². The van der Waals surface area contributed by atoms with E-state index in [0.717, 1.165) is 19.6 Å². The lowest BCUT2D eigenvalue weighted by Crippen LogP contribution is -2.52. The average molecular weight is 295 g/mol. The Bertz CT molecular complexity index is 328. The molecule has 2 unspecified atom stereocenters. The second-order valence-electron chi connectivity index (χ2n) is 5.65. The van der Waals surface area contributed by atoms with E-state index in [4.69, 9.17) is 4.74 Å². The monoisotopic (exact) mass is 295 g/mol. The molecule has 120 valence electrons. The van der Waals surface area contributed by atoms with Crippen molar-refractivity contribution in [3.63, 3.8) is 0 Å². The van der Waals surface area contributed by atoms with Gasteiger partial charge in [-0.15, -0.1) is 13.2 Å². The highest BCUT2D eigenvalue weighted by Crippen LogP contribution is 2.10. The van der Waals surface area contributed by atoms with E-state index in [2.05, 4.69) is 42.5 Å². The number of carbonyl (C=O) groups is 1. The van der Waals surface area contributed by atoms with Crippen molar-refractivity contribution in [2.24, 2.45) is 5.92 Å². The normalized spacial score (nSPS) is 20.3. The number of hydrogen-bond acceptors (Lipinski definition) is 4. The molecule has 5 nitrogen and oxygen atoms in total. The van der Waals surface area contributed by atoms with Crippen LogP contribution in [-0.4, -0.2) is 62.3 Å². The maximum Gasteiger partial charge on any atom is 0.250 e. The van der Waals surface area contributed by atoms with Crippen molar-refractivity contribution in [3.05, 3.63) is 25.3 Å². The minimum absolute atomic E-state index is 0.0370. The van der Waals surface area contributed by atoms with Gasteiger partial charge in [-0.2, -0.15) is 0 Å². The van der Waals surface area contributed by atoms with Crippen LogP contribution in [0.3, 0.4) is 0 Å². The van der Waals surface area contributed by atoms with E-state index in [-0.39, 0.29) is 18.1 Å². The van der Waals surface area contributed by atoms with Crippen molar-refractivity contribution in [2.75, 3.05) is 39.3 Å². The van der Waals surface area contributed by atoms with E-state index in [1.54, 1.807) is 0 Å². The molecule has 2 atom stereocenters. The Labute approximate surface area is 128 Å². The minimum atomic E-state index is -0.376. The van der Waals surface area contributed by atoms with E-state index in [0.29, 0.717) is 25.6 Å². The van der Waals surface area contributed by atoms with Crippen molar-refractivity contribution < 1.29 is 9.53 Å². The van der Waals surface area contributed by atoms with Gasteiger partial charge in [0, 0.05) is 38.8 Å². The number of morpholine rings is 1. The molecule has 2 N–H and O–H groups in total. The number of hydrogen-bond donors (Lipinski definition) is 2. The lowest BCUT2D eigenvalue weighted by atomic mass is 10.0. The number of rotatable bonds is 9. The summed E-state index contributed by atoms with van der Waals surface area (Å²) in [4.78, 5) is 14.4. The van der Waals surface area contributed by atoms with Crippen molar-refractivity contribution in [2.45, 2.75) is 26.0 Å². The predicted octanol–water partition coefficient (Wildman–Crippen LogP) is 0.790. The fraction of sp³-hybridized carbons (Fsp3) is 0.688. The summed E-state index contributed by atoms with van der Waals surface area (Å²) >= 11 is 0. The molecule has 1 heterocycles. The third-order valence-corrected chi connectivity index (χ3v) is 3.67. The number of nitrogens with one attached hydrogen (secondary N) is 2. The molecule has 1 amide bonds. The van der Waals surface area contributed by atoms with E-state index < -0.39 is 0 Å². The van der Waals surface area contributed by atoms with Crippen LogP contribution in [0, 0.1) is 5.92 Å². The molecule has 0 spiro atoms. The fourth-order valence-electron chi connectivity index (χ4n) is 2.52. The Hall–Kier alpha value is -1.17. The zero-order valence-electron chi connectivity index (χ0n) is 13.3. The van der Waals surface area contributed by atoms with Crippen molar-refractivity contribution in [1.82, 2.24) is 15.5 Å². The molecule has 0 radical (unpaired) electrons. The van der Waals surface area contributed by atoms with E-state index in [9.17, 15) is 4.79 Å². The van der Waals surface area contributed by atoms with Gasteiger partial charge in [0.25, 0.3) is 5.91 Å². The fourth-order valence-corrected chi connectivity index (χ4v) is 2.52. The summed E-state index contributed by atoms with van der Waals surface area (Å²) in [5, 5.41) is 6.18. The van der Waals surface area contributed by atoms with Crippen LogP contribution in [0.1, 0.15) is 13.8 Å². The number of ether oxygens (including phenoxy) is 1. The summed E-state index contributed by atoms with van der Waals surface area (Å²) < 4.78 is 5.47. The van der Waals surface area contributed by atoms with Crippen LogP contribution >= 0.6 is 0 Å². The van der Waals surface area contributed by atoms with Gasteiger partial charge in [-0.1, -0.05) is 26.0 Å². The summed E-state index contributed by atoms with van der Waals surface area (Å²) in [6, 6.07) is 0.251. The molecule has 1 fully saturated rings. The Balaban J connectivity index is 2.54. The highest BCUT2D eigenvalue weighted by Gasteiger charge is 2.25. The van der Waals surface area contributed by atoms with Crippen molar-refractivity contribution >= 4 is 5.91 Å². The molecule has 0 aromatic rings. The molecule has 5 heteroatoms. The number of amides is 1. The molecule has 1 aliphatic rings. The van der Waals surface area contributed by atoms with Gasteiger partial charge in [0.05, 0.1) is 6.61 Å². The van der Waals surface area contributed by atoms with Gasteiger partial charge < -0.3 is 15.4 Å². The van der Waals surface area contributed by atoms with Crippen LogP contribution in [0.15, 0.2) is 25.3 Å². The highest BCUT2D eigenvalue weighted by molar-refractivity contribution is 5.81. The van der Waals surface area contributed by atoms with Gasteiger partial charge in [0.15, 0.2) is 0 Å². The van der Waals surface area contributed by atoms with Crippen LogP contribution in [0.2, 0.25) is 0 Å². The predicted molar refractivity (Wildman–Crippen MR) is 86.2 cm³/mol. The van der Waals surface area contributed by atoms with Gasteiger partial charge in [0.1, 0.15) is 6.10 Å². The summed E-state index contributed by atoms with van der Waals surface area (Å²) in [7, 11) is 0. The van der Waals surface area contributed by atoms with Gasteiger partial charge in [-0.3, -0.25) is 9.69 Å². The standard InChI is InChI=1S/C16H29N3O2/c1-5-8-19(9-6-2)14(13(3)4)11-18-16(20)15-12-17-7-10-21-15/h5-6,13-15,17H,1-2,7-12H2,3-4H3,(H,18,20). The van der Waals surface area contributed by atoms with Gasteiger partial charge in [-0.05, 0) is 5.92 Å². The highest BCUT2D eigenvalue weighted by atomic mass is 16.5. The maximum atomic E-state index is 12.1. The van der Waals surface area contributed by atoms with Crippen LogP contribution < -0.4 is 10.6 Å². The summed E-state index contributed by atoms with van der Waals surface area (Å²) in [6.07, 6.45) is 3.39. The lowest BCUT2D eigenvalue weighted by molar-refractivity contribution is -0.134. The second-order valence-corrected chi connectivity index (χ2v) is 5.65. The Morgan fingerprint density at radius 1 is 1.43 bits per heavy atom. The third-order valence-electron chi connectivity index (χ3n) is 3.67. The molecule has 0 bridgehead atoms. The van der Waals surface area contributed by atoms with E-state index in [1.165, 1.54) is 0 Å². The molecule has 21 heavy (non-hydrogen) atoms. The smallest absolute Gasteiger partial charge is 0.250 e. The first-order chi connectivity index (χ1) is 10.1. The SMILES string of the molecule is C=CCN(CC=C)C(CNC(=O)C1CNCCO1)C(C)C. The molecule has 1 aliphatic heterocycles. The summed E-state index contributed by atoms with van der Waals surface area (Å²) in [5.74, 6) is 0.389. The Kier molecular flexibility index (Phi) is 8.27. The van der Waals surface area contributed by atoms with Crippen LogP contribution in [0.4, 0.5) is 0 Å². The zero-order chi connectivity index (χ0) is 15.7. The first-order valence-corrected chi connectivity index (χ1v) is 7.66. The third kappa shape index (κ3) is 5.99. The Morgan fingerprint density at radius 2 is 2.10 bits per heavy atom. The first-order valence-electron chi connectivity index (χ1n) is 7.66. The van der Waals surface area contributed by atoms with Gasteiger partial charge in [0.2, 0.25) is 0 Å². The second kappa shape index (κ2) is 9.71. The molecule has 0 aromatic carbocycles. The van der Waals surface area contributed by atoms with Gasteiger partial charge >= 0.3 is 0 Å². The van der Waals surface area contributed by atoms with Gasteiger partial charge in [-0.25, -0.2) is 0 Å². The Morgan fingerprint density at radius 3 is 2.57 bits per heavy atom. The molecule has 0 aliphatic carbocycles. The van der Waals surface area contributed by atoms with Crippen LogP contribution in [0.5, 0.6) is 0 Å². The zero-order valence-corrected chi connectivity index (χ0v) is 13.3. The molecular formula is C16H29N3O2. The van der Waals surface area contributed by atoms with Crippen LogP contribution in [0.25, 0.3) is 0 Å². The van der Waals surface area contributed by atoms with Crippen molar-refractivity contribution in [1.29, 1.82) is 0 Å². The molecule has 1 saturated heterocycles. The van der Waals surface area contributed by atoms with E-state index >= 15 is 0 Å².